The van der Waals surface area contributed by atoms with Gasteiger partial charge in [-0.05, 0) is 45.6 Å². The minimum absolute atomic E-state index is 0.136. The van der Waals surface area contributed by atoms with Gasteiger partial charge >= 0.3 is 12.2 Å². The Labute approximate surface area is 154 Å². The lowest BCUT2D eigenvalue weighted by Crippen LogP contribution is -2.45. The van der Waals surface area contributed by atoms with Gasteiger partial charge in [0.05, 0.1) is 6.04 Å². The van der Waals surface area contributed by atoms with E-state index in [9.17, 15) is 19.5 Å². The van der Waals surface area contributed by atoms with Gasteiger partial charge in [-0.15, -0.1) is 0 Å². The summed E-state index contributed by atoms with van der Waals surface area (Å²) in [5, 5.41) is 11.8. The second-order valence-corrected chi connectivity index (χ2v) is 7.05. The zero-order valence-corrected chi connectivity index (χ0v) is 15.6. The summed E-state index contributed by atoms with van der Waals surface area (Å²) in [6, 6.07) is 8.61. The van der Waals surface area contributed by atoms with Gasteiger partial charge in [0, 0.05) is 12.1 Å². The van der Waals surface area contributed by atoms with E-state index < -0.39 is 23.8 Å². The van der Waals surface area contributed by atoms with Gasteiger partial charge in [0.15, 0.2) is 0 Å². The van der Waals surface area contributed by atoms with Crippen LogP contribution in [0.25, 0.3) is 0 Å². The van der Waals surface area contributed by atoms with Gasteiger partial charge in [-0.2, -0.15) is 0 Å². The number of hydrogen-bond donors (Lipinski definition) is 2. The summed E-state index contributed by atoms with van der Waals surface area (Å²) in [6.07, 6.45) is 0.709. The molecule has 1 atom stereocenters. The van der Waals surface area contributed by atoms with E-state index in [4.69, 9.17) is 4.74 Å². The molecule has 0 aromatic heterocycles. The Morgan fingerprint density at radius 1 is 1.23 bits per heavy atom. The minimum atomic E-state index is -0.966. The molecule has 0 aliphatic rings. The third-order valence-corrected chi connectivity index (χ3v) is 3.87. The molecule has 0 fully saturated rings. The van der Waals surface area contributed by atoms with Crippen LogP contribution in [0.2, 0.25) is 0 Å². The predicted octanol–water partition coefficient (Wildman–Crippen LogP) is 3.43. The van der Waals surface area contributed by atoms with Crippen LogP contribution in [0, 0.1) is 0 Å². The SMILES string of the molecule is CC(C)(C)N(CCCC[C@@H](C=O)NC(=O)OCc1ccccc1)C(=O)O. The average molecular weight is 364 g/mol. The molecule has 0 aliphatic carbocycles. The number of hydrogen-bond acceptors (Lipinski definition) is 4. The molecule has 0 spiro atoms. The lowest BCUT2D eigenvalue weighted by Gasteiger charge is -2.33. The minimum Gasteiger partial charge on any atom is -0.465 e. The third kappa shape index (κ3) is 8.00. The second-order valence-electron chi connectivity index (χ2n) is 7.05. The van der Waals surface area contributed by atoms with Crippen molar-refractivity contribution in [3.8, 4) is 0 Å². The summed E-state index contributed by atoms with van der Waals surface area (Å²) in [6.45, 7) is 6.01. The number of amides is 2. The fourth-order valence-corrected chi connectivity index (χ4v) is 2.44. The van der Waals surface area contributed by atoms with Crippen molar-refractivity contribution in [3.63, 3.8) is 0 Å². The second kappa shape index (κ2) is 10.4. The Kier molecular flexibility index (Phi) is 8.61. The fraction of sp³-hybridized carbons (Fsp3) is 0.526. The topological polar surface area (TPSA) is 95.9 Å². The number of ether oxygens (including phenoxy) is 1. The van der Waals surface area contributed by atoms with Gasteiger partial charge in [0.25, 0.3) is 0 Å². The van der Waals surface area contributed by atoms with Gasteiger partial charge in [0.1, 0.15) is 12.9 Å². The van der Waals surface area contributed by atoms with Crippen LogP contribution in [0.3, 0.4) is 0 Å². The number of aldehydes is 1. The molecule has 0 heterocycles. The molecule has 0 saturated heterocycles. The maximum Gasteiger partial charge on any atom is 0.408 e. The monoisotopic (exact) mass is 364 g/mol. The lowest BCUT2D eigenvalue weighted by molar-refractivity contribution is -0.109. The molecule has 0 saturated carbocycles. The first-order valence-corrected chi connectivity index (χ1v) is 8.67. The molecule has 7 nitrogen and oxygen atoms in total. The summed E-state index contributed by atoms with van der Waals surface area (Å²) < 4.78 is 5.09. The molecular formula is C19H28N2O5. The maximum atomic E-state index is 11.8. The van der Waals surface area contributed by atoms with Crippen molar-refractivity contribution in [1.82, 2.24) is 10.2 Å². The fourth-order valence-electron chi connectivity index (χ4n) is 2.44. The zero-order chi connectivity index (χ0) is 19.6. The average Bonchev–Trinajstić information content (AvgIpc) is 2.58. The van der Waals surface area contributed by atoms with Gasteiger partial charge in [-0.25, -0.2) is 9.59 Å². The molecule has 7 heteroatoms. The van der Waals surface area contributed by atoms with Gasteiger partial charge in [-0.3, -0.25) is 0 Å². The van der Waals surface area contributed by atoms with E-state index in [1.807, 2.05) is 51.1 Å². The zero-order valence-electron chi connectivity index (χ0n) is 15.6. The molecule has 0 aliphatic heterocycles. The van der Waals surface area contributed by atoms with Crippen LogP contribution in [0.4, 0.5) is 9.59 Å². The quantitative estimate of drug-likeness (QED) is 0.517. The summed E-state index contributed by atoms with van der Waals surface area (Å²) in [5.41, 5.74) is 0.385. The van der Waals surface area contributed by atoms with Crippen LogP contribution in [-0.2, 0) is 16.1 Å². The summed E-state index contributed by atoms with van der Waals surface area (Å²) >= 11 is 0. The van der Waals surface area contributed by atoms with Crippen LogP contribution in [0.15, 0.2) is 30.3 Å². The molecule has 26 heavy (non-hydrogen) atoms. The first kappa shape index (κ1) is 21.5. The van der Waals surface area contributed by atoms with E-state index in [0.717, 1.165) is 5.56 Å². The Bertz CT molecular complexity index is 583. The molecule has 0 radical (unpaired) electrons. The van der Waals surface area contributed by atoms with E-state index in [0.29, 0.717) is 32.1 Å². The predicted molar refractivity (Wildman–Crippen MR) is 97.9 cm³/mol. The van der Waals surface area contributed by atoms with E-state index in [-0.39, 0.29) is 6.61 Å². The molecule has 1 aromatic carbocycles. The van der Waals surface area contributed by atoms with E-state index >= 15 is 0 Å². The van der Waals surface area contributed by atoms with Crippen LogP contribution in [-0.4, -0.2) is 46.6 Å². The maximum absolute atomic E-state index is 11.8. The molecular weight excluding hydrogens is 336 g/mol. The van der Waals surface area contributed by atoms with Crippen molar-refractivity contribution in [2.24, 2.45) is 0 Å². The van der Waals surface area contributed by atoms with Crippen molar-refractivity contribution in [1.29, 1.82) is 0 Å². The summed E-state index contributed by atoms with van der Waals surface area (Å²) in [7, 11) is 0. The number of nitrogens with one attached hydrogen (secondary N) is 1. The number of carbonyl (C=O) groups excluding carboxylic acids is 2. The number of alkyl carbamates (subject to hydrolysis) is 1. The molecule has 0 bridgehead atoms. The Balaban J connectivity index is 2.32. The van der Waals surface area contributed by atoms with Gasteiger partial charge in [0.2, 0.25) is 0 Å². The Morgan fingerprint density at radius 3 is 2.42 bits per heavy atom. The van der Waals surface area contributed by atoms with Gasteiger partial charge in [-0.1, -0.05) is 30.3 Å². The molecule has 2 amide bonds. The van der Waals surface area contributed by atoms with E-state index in [2.05, 4.69) is 5.32 Å². The number of unbranched alkanes of at least 4 members (excludes halogenated alkanes) is 1. The third-order valence-electron chi connectivity index (χ3n) is 3.87. The molecule has 1 rings (SSSR count). The number of carboxylic acid groups (broad SMARTS) is 1. The number of carbonyl (C=O) groups is 3. The van der Waals surface area contributed by atoms with Crippen molar-refractivity contribution < 1.29 is 24.2 Å². The lowest BCUT2D eigenvalue weighted by atomic mass is 10.1. The van der Waals surface area contributed by atoms with Crippen LogP contribution in [0.1, 0.15) is 45.6 Å². The molecule has 0 unspecified atom stereocenters. The van der Waals surface area contributed by atoms with Crippen molar-refractivity contribution >= 4 is 18.5 Å². The molecule has 144 valence electrons. The smallest absolute Gasteiger partial charge is 0.408 e. The summed E-state index contributed by atoms with van der Waals surface area (Å²) in [5.74, 6) is 0. The van der Waals surface area contributed by atoms with Gasteiger partial charge < -0.3 is 24.9 Å². The highest BCUT2D eigenvalue weighted by Gasteiger charge is 2.25. The van der Waals surface area contributed by atoms with Crippen LogP contribution >= 0.6 is 0 Å². The first-order chi connectivity index (χ1) is 12.2. The Hall–Kier alpha value is -2.57. The van der Waals surface area contributed by atoms with E-state index in [1.54, 1.807) is 0 Å². The summed E-state index contributed by atoms with van der Waals surface area (Å²) in [4.78, 5) is 35.5. The number of rotatable bonds is 9. The van der Waals surface area contributed by atoms with Crippen molar-refractivity contribution in [2.75, 3.05) is 6.54 Å². The Morgan fingerprint density at radius 2 is 1.88 bits per heavy atom. The normalized spacial score (nSPS) is 12.1. The van der Waals surface area contributed by atoms with E-state index in [1.165, 1.54) is 4.90 Å². The van der Waals surface area contributed by atoms with Crippen LogP contribution in [0.5, 0.6) is 0 Å². The molecule has 2 N–H and O–H groups in total. The first-order valence-electron chi connectivity index (χ1n) is 8.67. The highest BCUT2D eigenvalue weighted by Crippen LogP contribution is 2.15. The largest absolute Gasteiger partial charge is 0.465 e. The highest BCUT2D eigenvalue weighted by molar-refractivity contribution is 5.73. The van der Waals surface area contributed by atoms with Crippen molar-refractivity contribution in [3.05, 3.63) is 35.9 Å². The number of nitrogens with zero attached hydrogens (tertiary/aromatic N) is 1. The standard InChI is InChI=1S/C19H28N2O5/c1-19(2,3)21(18(24)25)12-8-7-11-16(13-22)20-17(23)26-14-15-9-5-4-6-10-15/h4-6,9-10,13,16H,7-8,11-12,14H2,1-3H3,(H,20,23)(H,24,25)/t16-/m0/s1. The van der Waals surface area contributed by atoms with Crippen LogP contribution < -0.4 is 5.32 Å². The highest BCUT2D eigenvalue weighted by atomic mass is 16.5. The van der Waals surface area contributed by atoms with Crippen molar-refractivity contribution in [2.45, 2.75) is 58.2 Å². The number of benzene rings is 1. The molecule has 1 aromatic rings.